The van der Waals surface area contributed by atoms with Gasteiger partial charge < -0.3 is 0 Å². The first kappa shape index (κ1) is 22.7. The molecular formula is C24H20F2N6O2S. The van der Waals surface area contributed by atoms with E-state index in [0.717, 1.165) is 28.8 Å². The van der Waals surface area contributed by atoms with Gasteiger partial charge in [-0.25, -0.2) is 26.7 Å². The Morgan fingerprint density at radius 1 is 0.914 bits per heavy atom. The van der Waals surface area contributed by atoms with Crippen molar-refractivity contribution < 1.29 is 17.2 Å². The summed E-state index contributed by atoms with van der Waals surface area (Å²) in [6.45, 7) is 1.50. The van der Waals surface area contributed by atoms with Crippen LogP contribution >= 0.6 is 0 Å². The predicted molar refractivity (Wildman–Crippen MR) is 129 cm³/mol. The molecule has 0 saturated heterocycles. The average Bonchev–Trinajstić information content (AvgIpc) is 3.44. The minimum absolute atomic E-state index is 0.0226. The number of nitrogens with zero attached hydrogens (tertiary/aromatic N) is 5. The van der Waals surface area contributed by atoms with Gasteiger partial charge in [-0.05, 0) is 42.8 Å². The van der Waals surface area contributed by atoms with Gasteiger partial charge in [0.05, 0.1) is 29.4 Å². The third kappa shape index (κ3) is 4.50. The van der Waals surface area contributed by atoms with Crippen LogP contribution in [0.3, 0.4) is 0 Å². The summed E-state index contributed by atoms with van der Waals surface area (Å²) in [5.41, 5.74) is 4.04. The van der Waals surface area contributed by atoms with Crippen LogP contribution in [0.1, 0.15) is 6.92 Å². The maximum absolute atomic E-state index is 14.6. The molecule has 0 bridgehead atoms. The molecule has 4 aromatic heterocycles. The molecule has 0 spiro atoms. The Bertz CT molecular complexity index is 1680. The van der Waals surface area contributed by atoms with Gasteiger partial charge in [0.15, 0.2) is 0 Å². The highest BCUT2D eigenvalue weighted by molar-refractivity contribution is 7.92. The zero-order valence-electron chi connectivity index (χ0n) is 18.8. The van der Waals surface area contributed by atoms with Crippen molar-refractivity contribution in [3.63, 3.8) is 0 Å². The first-order valence-corrected chi connectivity index (χ1v) is 12.3. The lowest BCUT2D eigenvalue weighted by Crippen LogP contribution is -2.15. The summed E-state index contributed by atoms with van der Waals surface area (Å²) in [7, 11) is -1.81. The molecule has 0 atom stereocenters. The Balaban J connectivity index is 1.65. The Morgan fingerprint density at radius 2 is 1.74 bits per heavy atom. The van der Waals surface area contributed by atoms with Gasteiger partial charge in [0, 0.05) is 47.8 Å². The average molecular weight is 495 g/mol. The number of rotatable bonds is 6. The second kappa shape index (κ2) is 8.58. The monoisotopic (exact) mass is 494 g/mol. The maximum atomic E-state index is 14.6. The fourth-order valence-corrected chi connectivity index (χ4v) is 4.32. The fourth-order valence-electron chi connectivity index (χ4n) is 3.75. The van der Waals surface area contributed by atoms with Crippen molar-refractivity contribution in [3.8, 4) is 33.5 Å². The second-order valence-corrected chi connectivity index (χ2v) is 9.98. The summed E-state index contributed by atoms with van der Waals surface area (Å²) in [6, 6.07) is 10.1. The lowest BCUT2D eigenvalue weighted by molar-refractivity contribution is 0.585. The normalized spacial score (nSPS) is 11.8. The largest absolute Gasteiger partial charge is 0.275 e. The lowest BCUT2D eigenvalue weighted by atomic mass is 10.0. The molecule has 8 nitrogen and oxygen atoms in total. The van der Waals surface area contributed by atoms with Crippen molar-refractivity contribution in [1.82, 2.24) is 24.4 Å². The van der Waals surface area contributed by atoms with Crippen molar-refractivity contribution in [1.29, 1.82) is 0 Å². The molecule has 11 heteroatoms. The minimum atomic E-state index is -3.65. The van der Waals surface area contributed by atoms with E-state index in [-0.39, 0.29) is 22.8 Å². The highest BCUT2D eigenvalue weighted by atomic mass is 32.2. The molecule has 178 valence electrons. The van der Waals surface area contributed by atoms with E-state index >= 15 is 0 Å². The maximum Gasteiger partial charge on any atom is 0.233 e. The molecule has 0 radical (unpaired) electrons. The van der Waals surface area contributed by atoms with E-state index in [4.69, 9.17) is 0 Å². The summed E-state index contributed by atoms with van der Waals surface area (Å²) < 4.78 is 58.3. The van der Waals surface area contributed by atoms with Crippen molar-refractivity contribution in [3.05, 3.63) is 78.9 Å². The van der Waals surface area contributed by atoms with Gasteiger partial charge in [-0.2, -0.15) is 10.2 Å². The number of nitrogens with one attached hydrogen (secondary N) is 1. The molecule has 0 aliphatic heterocycles. The molecule has 4 heterocycles. The number of halogens is 2. The van der Waals surface area contributed by atoms with E-state index < -0.39 is 21.7 Å². The third-order valence-corrected chi connectivity index (χ3v) is 6.82. The molecular weight excluding hydrogens is 474 g/mol. The van der Waals surface area contributed by atoms with E-state index in [0.29, 0.717) is 11.1 Å². The molecule has 0 aliphatic carbocycles. The zero-order chi connectivity index (χ0) is 24.7. The summed E-state index contributed by atoms with van der Waals surface area (Å²) in [5, 5.41) is 8.64. The standard InChI is InChI=1S/C24H20F2N6O2S/c1-3-35(33,34)30-24-9-16(8-22(29-24)19-6-5-18(25)10-21(19)26)20-12-28-32-14-15(4-7-23(20)32)17-11-27-31(2)13-17/h4-14H,3H2,1-2H3,(H,29,30). The van der Waals surface area contributed by atoms with E-state index in [9.17, 15) is 17.2 Å². The van der Waals surface area contributed by atoms with Crippen LogP contribution in [0.5, 0.6) is 0 Å². The van der Waals surface area contributed by atoms with E-state index in [1.165, 1.54) is 13.0 Å². The summed E-state index contributed by atoms with van der Waals surface area (Å²) >= 11 is 0. The summed E-state index contributed by atoms with van der Waals surface area (Å²) in [5.74, 6) is -1.66. The van der Waals surface area contributed by atoms with Crippen LogP contribution in [0.25, 0.3) is 39.0 Å². The highest BCUT2D eigenvalue weighted by Gasteiger charge is 2.17. The van der Waals surface area contributed by atoms with E-state index in [2.05, 4.69) is 19.9 Å². The van der Waals surface area contributed by atoms with Gasteiger partial charge in [-0.1, -0.05) is 6.07 Å². The molecule has 5 rings (SSSR count). The molecule has 0 unspecified atom stereocenters. The number of pyridine rings is 2. The molecule has 1 aromatic carbocycles. The molecule has 5 aromatic rings. The highest BCUT2D eigenvalue weighted by Crippen LogP contribution is 2.33. The molecule has 0 saturated carbocycles. The molecule has 1 N–H and O–H groups in total. The Morgan fingerprint density at radius 3 is 2.46 bits per heavy atom. The number of anilines is 1. The molecule has 0 amide bonds. The van der Waals surface area contributed by atoms with Crippen molar-refractivity contribution in [2.24, 2.45) is 7.05 Å². The van der Waals surface area contributed by atoms with Crippen LogP contribution < -0.4 is 4.72 Å². The van der Waals surface area contributed by atoms with E-state index in [1.807, 2.05) is 31.6 Å². The van der Waals surface area contributed by atoms with Gasteiger partial charge in [-0.3, -0.25) is 9.40 Å². The van der Waals surface area contributed by atoms with Crippen LogP contribution in [-0.2, 0) is 17.1 Å². The van der Waals surface area contributed by atoms with Gasteiger partial charge in [0.2, 0.25) is 10.0 Å². The molecule has 0 fully saturated rings. The number of aryl methyl sites for hydroxylation is 1. The fraction of sp³-hybridized carbons (Fsp3) is 0.125. The summed E-state index contributed by atoms with van der Waals surface area (Å²) in [4.78, 5) is 4.28. The number of aromatic nitrogens is 5. The van der Waals surface area contributed by atoms with Crippen LogP contribution in [0, 0.1) is 11.6 Å². The van der Waals surface area contributed by atoms with Crippen LogP contribution in [-0.4, -0.2) is 38.5 Å². The number of fused-ring (bicyclic) bond motifs is 1. The first-order valence-electron chi connectivity index (χ1n) is 10.7. The second-order valence-electron chi connectivity index (χ2n) is 7.96. The van der Waals surface area contributed by atoms with Crippen LogP contribution in [0.15, 0.2) is 67.3 Å². The number of hydrogen-bond acceptors (Lipinski definition) is 5. The quantitative estimate of drug-likeness (QED) is 0.375. The van der Waals surface area contributed by atoms with Gasteiger partial charge in [0.1, 0.15) is 17.5 Å². The third-order valence-electron chi connectivity index (χ3n) is 5.54. The summed E-state index contributed by atoms with van der Waals surface area (Å²) in [6.07, 6.45) is 7.15. The van der Waals surface area contributed by atoms with E-state index in [1.54, 1.807) is 33.7 Å². The first-order chi connectivity index (χ1) is 16.7. The van der Waals surface area contributed by atoms with Crippen LogP contribution in [0.2, 0.25) is 0 Å². The molecule has 0 aliphatic rings. The number of hydrogen-bond donors (Lipinski definition) is 1. The Labute approximate surface area is 199 Å². The predicted octanol–water partition coefficient (Wildman–Crippen LogP) is 4.50. The van der Waals surface area contributed by atoms with Gasteiger partial charge in [-0.15, -0.1) is 0 Å². The Kier molecular flexibility index (Phi) is 5.56. The van der Waals surface area contributed by atoms with Gasteiger partial charge in [0.25, 0.3) is 0 Å². The zero-order valence-corrected chi connectivity index (χ0v) is 19.6. The lowest BCUT2D eigenvalue weighted by Gasteiger charge is -2.11. The number of benzene rings is 1. The topological polar surface area (TPSA) is 94.2 Å². The Hall–Kier alpha value is -4.12. The van der Waals surface area contributed by atoms with Crippen LogP contribution in [0.4, 0.5) is 14.6 Å². The minimum Gasteiger partial charge on any atom is -0.275 e. The smallest absolute Gasteiger partial charge is 0.233 e. The van der Waals surface area contributed by atoms with Crippen molar-refractivity contribution in [2.45, 2.75) is 6.92 Å². The van der Waals surface area contributed by atoms with Crippen molar-refractivity contribution >= 4 is 21.4 Å². The van der Waals surface area contributed by atoms with Gasteiger partial charge >= 0.3 is 0 Å². The number of sulfonamides is 1. The van der Waals surface area contributed by atoms with Crippen molar-refractivity contribution in [2.75, 3.05) is 10.5 Å². The molecule has 35 heavy (non-hydrogen) atoms. The SMILES string of the molecule is CCS(=O)(=O)Nc1cc(-c2cnn3cc(-c4cnn(C)c4)ccc23)cc(-c2ccc(F)cc2F)n1.